The first-order chi connectivity index (χ1) is 8.24. The highest BCUT2D eigenvalue weighted by atomic mass is 35.5. The van der Waals surface area contributed by atoms with Crippen molar-refractivity contribution < 1.29 is 9.47 Å². The molecule has 1 saturated carbocycles. The molecule has 0 heterocycles. The van der Waals surface area contributed by atoms with Crippen molar-refractivity contribution in [2.75, 3.05) is 14.2 Å². The van der Waals surface area contributed by atoms with Crippen molar-refractivity contribution in [3.8, 4) is 11.5 Å². The van der Waals surface area contributed by atoms with Crippen LogP contribution in [0.15, 0.2) is 18.2 Å². The van der Waals surface area contributed by atoms with Gasteiger partial charge in [0.15, 0.2) is 11.5 Å². The van der Waals surface area contributed by atoms with Crippen molar-refractivity contribution in [2.24, 2.45) is 5.73 Å². The van der Waals surface area contributed by atoms with Crippen molar-refractivity contribution in [1.29, 1.82) is 0 Å². The van der Waals surface area contributed by atoms with E-state index in [1.165, 1.54) is 18.4 Å². The summed E-state index contributed by atoms with van der Waals surface area (Å²) in [5.41, 5.74) is 7.35. The van der Waals surface area contributed by atoms with Gasteiger partial charge in [0.05, 0.1) is 14.2 Å². The SMILES string of the molecule is COc1ccc(C2CCCC(N)C2)cc1OC.Cl. The van der Waals surface area contributed by atoms with E-state index in [1.54, 1.807) is 14.2 Å². The largest absolute Gasteiger partial charge is 0.493 e. The van der Waals surface area contributed by atoms with Crippen LogP contribution in [0.1, 0.15) is 37.2 Å². The van der Waals surface area contributed by atoms with Crippen molar-refractivity contribution in [3.05, 3.63) is 23.8 Å². The number of methoxy groups -OCH3 is 2. The van der Waals surface area contributed by atoms with E-state index in [2.05, 4.69) is 12.1 Å². The lowest BCUT2D eigenvalue weighted by Crippen LogP contribution is -2.26. The molecule has 0 aromatic heterocycles. The first kappa shape index (κ1) is 15.1. The van der Waals surface area contributed by atoms with Gasteiger partial charge in [-0.1, -0.05) is 12.5 Å². The Morgan fingerprint density at radius 3 is 2.44 bits per heavy atom. The molecule has 2 rings (SSSR count). The van der Waals surface area contributed by atoms with E-state index >= 15 is 0 Å². The van der Waals surface area contributed by atoms with E-state index in [-0.39, 0.29) is 12.4 Å². The molecule has 2 atom stereocenters. The maximum Gasteiger partial charge on any atom is 0.160 e. The van der Waals surface area contributed by atoms with Crippen molar-refractivity contribution in [1.82, 2.24) is 0 Å². The predicted octanol–water partition coefficient (Wildman–Crippen LogP) is 3.11. The quantitative estimate of drug-likeness (QED) is 0.919. The predicted molar refractivity (Wildman–Crippen MR) is 76.0 cm³/mol. The Labute approximate surface area is 115 Å². The van der Waals surface area contributed by atoms with E-state index in [0.717, 1.165) is 24.3 Å². The number of hydrogen-bond donors (Lipinski definition) is 1. The number of nitrogens with two attached hydrogens (primary N) is 1. The number of halogens is 1. The zero-order chi connectivity index (χ0) is 12.3. The second kappa shape index (κ2) is 6.86. The van der Waals surface area contributed by atoms with Crippen LogP contribution in [0.5, 0.6) is 11.5 Å². The first-order valence-corrected chi connectivity index (χ1v) is 6.22. The molecule has 18 heavy (non-hydrogen) atoms. The molecule has 0 aliphatic heterocycles. The van der Waals surface area contributed by atoms with Gasteiger partial charge in [0.2, 0.25) is 0 Å². The van der Waals surface area contributed by atoms with Crippen molar-refractivity contribution >= 4 is 12.4 Å². The van der Waals surface area contributed by atoms with Crippen LogP contribution in [-0.4, -0.2) is 20.3 Å². The summed E-state index contributed by atoms with van der Waals surface area (Å²) in [7, 11) is 3.34. The fraction of sp³-hybridized carbons (Fsp3) is 0.571. The van der Waals surface area contributed by atoms with Gasteiger partial charge >= 0.3 is 0 Å². The van der Waals surface area contributed by atoms with Gasteiger partial charge in [-0.2, -0.15) is 0 Å². The molecule has 102 valence electrons. The van der Waals surface area contributed by atoms with Crippen LogP contribution in [-0.2, 0) is 0 Å². The average molecular weight is 272 g/mol. The first-order valence-electron chi connectivity index (χ1n) is 6.22. The molecule has 1 aromatic rings. The maximum absolute atomic E-state index is 6.03. The normalized spacial score (nSPS) is 23.1. The molecular formula is C14H22ClNO2. The Morgan fingerprint density at radius 2 is 1.83 bits per heavy atom. The second-order valence-corrected chi connectivity index (χ2v) is 4.74. The zero-order valence-electron chi connectivity index (χ0n) is 11.0. The summed E-state index contributed by atoms with van der Waals surface area (Å²) in [5.74, 6) is 2.17. The van der Waals surface area contributed by atoms with Crippen LogP contribution in [0.25, 0.3) is 0 Å². The topological polar surface area (TPSA) is 44.5 Å². The minimum Gasteiger partial charge on any atom is -0.493 e. The van der Waals surface area contributed by atoms with Gasteiger partial charge in [-0.3, -0.25) is 0 Å². The van der Waals surface area contributed by atoms with Gasteiger partial charge in [0, 0.05) is 6.04 Å². The third-order valence-corrected chi connectivity index (χ3v) is 3.59. The molecule has 1 aliphatic carbocycles. The summed E-state index contributed by atoms with van der Waals surface area (Å²) in [5, 5.41) is 0. The number of ether oxygens (including phenoxy) is 2. The van der Waals surface area contributed by atoms with E-state index in [4.69, 9.17) is 15.2 Å². The molecule has 1 aromatic carbocycles. The molecule has 1 aliphatic rings. The molecule has 2 N–H and O–H groups in total. The van der Waals surface area contributed by atoms with Crippen LogP contribution in [0.2, 0.25) is 0 Å². The van der Waals surface area contributed by atoms with Gasteiger partial charge in [0.1, 0.15) is 0 Å². The molecule has 0 radical (unpaired) electrons. The molecular weight excluding hydrogens is 250 g/mol. The smallest absolute Gasteiger partial charge is 0.160 e. The second-order valence-electron chi connectivity index (χ2n) is 4.74. The van der Waals surface area contributed by atoms with E-state index in [0.29, 0.717) is 12.0 Å². The molecule has 4 heteroatoms. The molecule has 1 fully saturated rings. The van der Waals surface area contributed by atoms with Crippen LogP contribution >= 0.6 is 12.4 Å². The van der Waals surface area contributed by atoms with Gasteiger partial charge in [-0.15, -0.1) is 12.4 Å². The molecule has 3 nitrogen and oxygen atoms in total. The Morgan fingerprint density at radius 1 is 1.11 bits per heavy atom. The van der Waals surface area contributed by atoms with Gasteiger partial charge < -0.3 is 15.2 Å². The van der Waals surface area contributed by atoms with Gasteiger partial charge in [-0.05, 0) is 42.9 Å². The highest BCUT2D eigenvalue weighted by molar-refractivity contribution is 5.85. The lowest BCUT2D eigenvalue weighted by Gasteiger charge is -2.27. The van der Waals surface area contributed by atoms with Crippen LogP contribution < -0.4 is 15.2 Å². The molecule has 0 amide bonds. The summed E-state index contributed by atoms with van der Waals surface area (Å²) in [6.45, 7) is 0. The van der Waals surface area contributed by atoms with Gasteiger partial charge in [-0.25, -0.2) is 0 Å². The summed E-state index contributed by atoms with van der Waals surface area (Å²) in [6.07, 6.45) is 4.68. The lowest BCUT2D eigenvalue weighted by atomic mass is 9.81. The maximum atomic E-state index is 6.03. The summed E-state index contributed by atoms with van der Waals surface area (Å²) >= 11 is 0. The molecule has 0 saturated heterocycles. The Hall–Kier alpha value is -0.930. The van der Waals surface area contributed by atoms with Crippen LogP contribution in [0, 0.1) is 0 Å². The Bertz CT molecular complexity index is 384. The third kappa shape index (κ3) is 3.30. The fourth-order valence-corrected chi connectivity index (χ4v) is 2.64. The standard InChI is InChI=1S/C14H21NO2.ClH/c1-16-13-7-6-11(9-14(13)17-2)10-4-3-5-12(15)8-10;/h6-7,9-10,12H,3-5,8,15H2,1-2H3;1H. The van der Waals surface area contributed by atoms with Crippen LogP contribution in [0.3, 0.4) is 0 Å². The number of hydrogen-bond acceptors (Lipinski definition) is 3. The molecule has 0 bridgehead atoms. The summed E-state index contributed by atoms with van der Waals surface area (Å²) < 4.78 is 10.6. The summed E-state index contributed by atoms with van der Waals surface area (Å²) in [4.78, 5) is 0. The minimum atomic E-state index is 0. The van der Waals surface area contributed by atoms with E-state index in [1.807, 2.05) is 6.07 Å². The zero-order valence-corrected chi connectivity index (χ0v) is 11.8. The van der Waals surface area contributed by atoms with Crippen molar-refractivity contribution in [3.63, 3.8) is 0 Å². The van der Waals surface area contributed by atoms with E-state index < -0.39 is 0 Å². The number of benzene rings is 1. The minimum absolute atomic E-state index is 0. The van der Waals surface area contributed by atoms with Crippen LogP contribution in [0.4, 0.5) is 0 Å². The fourth-order valence-electron chi connectivity index (χ4n) is 2.64. The highest BCUT2D eigenvalue weighted by Crippen LogP contribution is 2.36. The third-order valence-electron chi connectivity index (χ3n) is 3.59. The monoisotopic (exact) mass is 271 g/mol. The average Bonchev–Trinajstić information content (AvgIpc) is 2.38. The van der Waals surface area contributed by atoms with Gasteiger partial charge in [0.25, 0.3) is 0 Å². The lowest BCUT2D eigenvalue weighted by molar-refractivity contribution is 0.351. The highest BCUT2D eigenvalue weighted by Gasteiger charge is 2.21. The summed E-state index contributed by atoms with van der Waals surface area (Å²) in [6, 6.07) is 6.54. The molecule has 0 spiro atoms. The van der Waals surface area contributed by atoms with Crippen molar-refractivity contribution in [2.45, 2.75) is 37.6 Å². The number of rotatable bonds is 3. The molecule has 2 unspecified atom stereocenters. The Kier molecular flexibility index (Phi) is 5.76. The van der Waals surface area contributed by atoms with E-state index in [9.17, 15) is 0 Å². The Balaban J connectivity index is 0.00000162.